The molecule has 0 N–H and O–H groups in total. The van der Waals surface area contributed by atoms with E-state index in [4.69, 9.17) is 4.74 Å². The van der Waals surface area contributed by atoms with Gasteiger partial charge < -0.3 is 9.30 Å². The molecule has 0 aliphatic carbocycles. The molecule has 0 aliphatic rings. The van der Waals surface area contributed by atoms with Crippen LogP contribution in [0.4, 0.5) is 0 Å². The number of carbonyl (C=O) groups excluding carboxylic acids is 1. The van der Waals surface area contributed by atoms with Gasteiger partial charge in [-0.3, -0.25) is 0 Å². The van der Waals surface area contributed by atoms with Crippen LogP contribution in [0.25, 0.3) is 11.0 Å². The van der Waals surface area contributed by atoms with Crippen LogP contribution in [0.3, 0.4) is 0 Å². The zero-order valence-electron chi connectivity index (χ0n) is 9.43. The molecular formula is C12H14N2O2. The number of esters is 1. The first kappa shape index (κ1) is 10.7. The molecule has 84 valence electrons. The molecule has 0 amide bonds. The van der Waals surface area contributed by atoms with Crippen LogP contribution in [-0.2, 0) is 11.3 Å². The van der Waals surface area contributed by atoms with E-state index in [1.807, 2.05) is 10.6 Å². The SMILES string of the molecule is CCOC(=O)c1ccc2c(c1)ncn2CC. The number of carbonyl (C=O) groups is 1. The van der Waals surface area contributed by atoms with Gasteiger partial charge in [0.05, 0.1) is 29.5 Å². The number of imidazole rings is 1. The highest BCUT2D eigenvalue weighted by molar-refractivity contribution is 5.93. The van der Waals surface area contributed by atoms with E-state index < -0.39 is 0 Å². The lowest BCUT2D eigenvalue weighted by Gasteiger charge is -2.02. The largest absolute Gasteiger partial charge is 0.462 e. The Morgan fingerprint density at radius 2 is 2.25 bits per heavy atom. The van der Waals surface area contributed by atoms with Gasteiger partial charge in [-0.25, -0.2) is 9.78 Å². The van der Waals surface area contributed by atoms with Crippen molar-refractivity contribution in [2.75, 3.05) is 6.61 Å². The molecule has 2 rings (SSSR count). The molecule has 0 aliphatic heterocycles. The molecule has 0 atom stereocenters. The molecule has 0 saturated heterocycles. The predicted molar refractivity (Wildman–Crippen MR) is 61.4 cm³/mol. The Balaban J connectivity index is 2.41. The van der Waals surface area contributed by atoms with Crippen molar-refractivity contribution in [1.82, 2.24) is 9.55 Å². The molecule has 0 fully saturated rings. The number of hydrogen-bond acceptors (Lipinski definition) is 3. The Labute approximate surface area is 93.9 Å². The second kappa shape index (κ2) is 4.35. The molecule has 0 unspecified atom stereocenters. The van der Waals surface area contributed by atoms with E-state index in [9.17, 15) is 4.79 Å². The van der Waals surface area contributed by atoms with Crippen molar-refractivity contribution in [1.29, 1.82) is 0 Å². The van der Waals surface area contributed by atoms with Gasteiger partial charge in [-0.05, 0) is 32.0 Å². The maximum Gasteiger partial charge on any atom is 0.338 e. The summed E-state index contributed by atoms with van der Waals surface area (Å²) in [6.45, 7) is 5.11. The molecule has 1 aromatic carbocycles. The molecule has 1 heterocycles. The van der Waals surface area contributed by atoms with Crippen LogP contribution in [0.5, 0.6) is 0 Å². The van der Waals surface area contributed by atoms with Crippen LogP contribution in [0.2, 0.25) is 0 Å². The molecule has 0 radical (unpaired) electrons. The molecule has 0 saturated carbocycles. The maximum atomic E-state index is 11.5. The Bertz CT molecular complexity index is 517. The minimum Gasteiger partial charge on any atom is -0.462 e. The predicted octanol–water partition coefficient (Wildman–Crippen LogP) is 2.23. The van der Waals surface area contributed by atoms with Crippen LogP contribution in [0, 0.1) is 0 Å². The van der Waals surface area contributed by atoms with Gasteiger partial charge in [0.15, 0.2) is 0 Å². The summed E-state index contributed by atoms with van der Waals surface area (Å²) in [5.74, 6) is -0.296. The molecule has 16 heavy (non-hydrogen) atoms. The third-order valence-corrected chi connectivity index (χ3v) is 2.47. The van der Waals surface area contributed by atoms with Gasteiger partial charge in [-0.2, -0.15) is 0 Å². The van der Waals surface area contributed by atoms with E-state index in [1.54, 1.807) is 25.4 Å². The average Bonchev–Trinajstić information content (AvgIpc) is 2.71. The van der Waals surface area contributed by atoms with Crippen molar-refractivity contribution in [3.8, 4) is 0 Å². The summed E-state index contributed by atoms with van der Waals surface area (Å²) in [6.07, 6.45) is 1.78. The standard InChI is InChI=1S/C12H14N2O2/c1-3-14-8-13-10-7-9(5-6-11(10)14)12(15)16-4-2/h5-8H,3-4H2,1-2H3. The molecule has 2 aromatic rings. The summed E-state index contributed by atoms with van der Waals surface area (Å²) in [5.41, 5.74) is 2.42. The van der Waals surface area contributed by atoms with E-state index in [-0.39, 0.29) is 5.97 Å². The highest BCUT2D eigenvalue weighted by Gasteiger charge is 2.09. The van der Waals surface area contributed by atoms with E-state index >= 15 is 0 Å². The number of ether oxygens (including phenoxy) is 1. The van der Waals surface area contributed by atoms with Crippen LogP contribution in [0.15, 0.2) is 24.5 Å². The minimum absolute atomic E-state index is 0.296. The molecular weight excluding hydrogens is 204 g/mol. The minimum atomic E-state index is -0.296. The van der Waals surface area contributed by atoms with Crippen molar-refractivity contribution in [3.63, 3.8) is 0 Å². The molecule has 4 heteroatoms. The van der Waals surface area contributed by atoms with Crippen LogP contribution in [-0.4, -0.2) is 22.1 Å². The summed E-state index contributed by atoms with van der Waals surface area (Å²) in [5, 5.41) is 0. The lowest BCUT2D eigenvalue weighted by molar-refractivity contribution is 0.0526. The summed E-state index contributed by atoms with van der Waals surface area (Å²) in [4.78, 5) is 15.8. The van der Waals surface area contributed by atoms with Gasteiger partial charge in [-0.15, -0.1) is 0 Å². The Hall–Kier alpha value is -1.84. The van der Waals surface area contributed by atoms with Gasteiger partial charge in [0.1, 0.15) is 0 Å². The van der Waals surface area contributed by atoms with E-state index in [0.717, 1.165) is 17.6 Å². The summed E-state index contributed by atoms with van der Waals surface area (Å²) >= 11 is 0. The van der Waals surface area contributed by atoms with Crippen LogP contribution in [0.1, 0.15) is 24.2 Å². The van der Waals surface area contributed by atoms with Gasteiger partial charge in [0, 0.05) is 6.54 Å². The molecule has 0 spiro atoms. The second-order valence-corrected chi connectivity index (χ2v) is 3.45. The van der Waals surface area contributed by atoms with Gasteiger partial charge in [0.25, 0.3) is 0 Å². The fraction of sp³-hybridized carbons (Fsp3) is 0.333. The van der Waals surface area contributed by atoms with Gasteiger partial charge in [0.2, 0.25) is 0 Å². The number of rotatable bonds is 3. The zero-order valence-corrected chi connectivity index (χ0v) is 9.43. The van der Waals surface area contributed by atoms with Crippen molar-refractivity contribution in [2.24, 2.45) is 0 Å². The van der Waals surface area contributed by atoms with E-state index in [0.29, 0.717) is 12.2 Å². The number of hydrogen-bond donors (Lipinski definition) is 0. The lowest BCUT2D eigenvalue weighted by atomic mass is 10.2. The molecule has 4 nitrogen and oxygen atoms in total. The quantitative estimate of drug-likeness (QED) is 0.742. The number of aryl methyl sites for hydroxylation is 1. The summed E-state index contributed by atoms with van der Waals surface area (Å²) in [6, 6.07) is 5.44. The number of aromatic nitrogens is 2. The number of nitrogens with zero attached hydrogens (tertiary/aromatic N) is 2. The lowest BCUT2D eigenvalue weighted by Crippen LogP contribution is -2.04. The normalized spacial score (nSPS) is 10.6. The van der Waals surface area contributed by atoms with Crippen molar-refractivity contribution < 1.29 is 9.53 Å². The monoisotopic (exact) mass is 218 g/mol. The van der Waals surface area contributed by atoms with Gasteiger partial charge in [-0.1, -0.05) is 0 Å². The van der Waals surface area contributed by atoms with Crippen molar-refractivity contribution in [3.05, 3.63) is 30.1 Å². The fourth-order valence-corrected chi connectivity index (χ4v) is 1.66. The first-order chi connectivity index (χ1) is 7.76. The third-order valence-electron chi connectivity index (χ3n) is 2.47. The smallest absolute Gasteiger partial charge is 0.338 e. The van der Waals surface area contributed by atoms with E-state index in [2.05, 4.69) is 11.9 Å². The van der Waals surface area contributed by atoms with E-state index in [1.165, 1.54) is 0 Å². The number of fused-ring (bicyclic) bond motifs is 1. The zero-order chi connectivity index (χ0) is 11.5. The Morgan fingerprint density at radius 3 is 2.94 bits per heavy atom. The number of benzene rings is 1. The van der Waals surface area contributed by atoms with Crippen LogP contribution < -0.4 is 0 Å². The average molecular weight is 218 g/mol. The van der Waals surface area contributed by atoms with Crippen molar-refractivity contribution >= 4 is 17.0 Å². The highest BCUT2D eigenvalue weighted by Crippen LogP contribution is 2.15. The Morgan fingerprint density at radius 1 is 1.44 bits per heavy atom. The second-order valence-electron chi connectivity index (χ2n) is 3.45. The topological polar surface area (TPSA) is 44.1 Å². The Kier molecular flexibility index (Phi) is 2.90. The third kappa shape index (κ3) is 1.78. The van der Waals surface area contributed by atoms with Crippen LogP contribution >= 0.6 is 0 Å². The summed E-state index contributed by atoms with van der Waals surface area (Å²) < 4.78 is 6.97. The molecule has 1 aromatic heterocycles. The first-order valence-corrected chi connectivity index (χ1v) is 5.38. The maximum absolute atomic E-state index is 11.5. The summed E-state index contributed by atoms with van der Waals surface area (Å²) in [7, 11) is 0. The van der Waals surface area contributed by atoms with Gasteiger partial charge >= 0.3 is 5.97 Å². The van der Waals surface area contributed by atoms with Crippen molar-refractivity contribution in [2.45, 2.75) is 20.4 Å². The first-order valence-electron chi connectivity index (χ1n) is 5.38. The fourth-order valence-electron chi connectivity index (χ4n) is 1.66. The highest BCUT2D eigenvalue weighted by atomic mass is 16.5. The molecule has 0 bridgehead atoms.